The van der Waals surface area contributed by atoms with Gasteiger partial charge in [-0.3, -0.25) is 4.79 Å². The highest BCUT2D eigenvalue weighted by Crippen LogP contribution is 2.53. The Hall–Kier alpha value is -0.570. The lowest BCUT2D eigenvalue weighted by Gasteiger charge is -2.29. The van der Waals surface area contributed by atoms with Gasteiger partial charge in [0, 0.05) is 13.0 Å². The molecular weight excluding hydrogens is 152 g/mol. The summed E-state index contributed by atoms with van der Waals surface area (Å²) in [6, 6.07) is 0. The van der Waals surface area contributed by atoms with Gasteiger partial charge in [0.2, 0.25) is 5.91 Å². The van der Waals surface area contributed by atoms with E-state index in [0.717, 1.165) is 19.5 Å². The van der Waals surface area contributed by atoms with Gasteiger partial charge in [-0.15, -0.1) is 0 Å². The monoisotopic (exact) mass is 168 g/mol. The number of carbonyl (C=O) groups is 1. The standard InChI is InChI=1S/C9H16N2O/c10-6-9(2-3-9)7-1-4-11-8(12)5-7/h7H,1-6,10H2,(H,11,12). The molecule has 1 aliphatic carbocycles. The summed E-state index contributed by atoms with van der Waals surface area (Å²) >= 11 is 0. The molecule has 0 bridgehead atoms. The summed E-state index contributed by atoms with van der Waals surface area (Å²) in [6.07, 6.45) is 4.31. The van der Waals surface area contributed by atoms with Crippen LogP contribution in [0.5, 0.6) is 0 Å². The Labute approximate surface area is 72.7 Å². The number of hydrogen-bond donors (Lipinski definition) is 2. The Morgan fingerprint density at radius 2 is 2.33 bits per heavy atom. The van der Waals surface area contributed by atoms with E-state index in [1.54, 1.807) is 0 Å². The van der Waals surface area contributed by atoms with Gasteiger partial charge in [-0.05, 0) is 37.1 Å². The number of rotatable bonds is 2. The third kappa shape index (κ3) is 1.22. The number of carbonyl (C=O) groups excluding carboxylic acids is 1. The van der Waals surface area contributed by atoms with Crippen LogP contribution in [0.1, 0.15) is 25.7 Å². The lowest BCUT2D eigenvalue weighted by atomic mass is 9.82. The number of hydrogen-bond acceptors (Lipinski definition) is 2. The van der Waals surface area contributed by atoms with E-state index in [0.29, 0.717) is 17.8 Å². The van der Waals surface area contributed by atoms with Crippen LogP contribution in [-0.2, 0) is 4.79 Å². The van der Waals surface area contributed by atoms with Gasteiger partial charge in [0.15, 0.2) is 0 Å². The first-order valence-electron chi connectivity index (χ1n) is 4.74. The number of nitrogens with two attached hydrogens (primary N) is 1. The molecule has 3 N–H and O–H groups in total. The summed E-state index contributed by atoms with van der Waals surface area (Å²) in [4.78, 5) is 11.1. The van der Waals surface area contributed by atoms with Crippen molar-refractivity contribution in [3.63, 3.8) is 0 Å². The summed E-state index contributed by atoms with van der Waals surface area (Å²) in [5.41, 5.74) is 6.07. The first-order chi connectivity index (χ1) is 5.77. The van der Waals surface area contributed by atoms with Gasteiger partial charge in [-0.1, -0.05) is 0 Å². The Kier molecular flexibility index (Phi) is 1.83. The predicted octanol–water partition coefficient (Wildman–Crippen LogP) is 0.251. The zero-order valence-corrected chi connectivity index (χ0v) is 7.31. The van der Waals surface area contributed by atoms with E-state index in [1.807, 2.05) is 0 Å². The van der Waals surface area contributed by atoms with Crippen molar-refractivity contribution < 1.29 is 4.79 Å². The molecule has 2 rings (SSSR count). The number of nitrogens with one attached hydrogen (secondary N) is 1. The van der Waals surface area contributed by atoms with Crippen LogP contribution in [0, 0.1) is 11.3 Å². The van der Waals surface area contributed by atoms with Crippen molar-refractivity contribution >= 4 is 5.91 Å². The van der Waals surface area contributed by atoms with Crippen LogP contribution in [-0.4, -0.2) is 19.0 Å². The quantitative estimate of drug-likeness (QED) is 0.621. The summed E-state index contributed by atoms with van der Waals surface area (Å²) < 4.78 is 0. The average Bonchev–Trinajstić information content (AvgIpc) is 2.84. The second-order valence-electron chi connectivity index (χ2n) is 4.11. The van der Waals surface area contributed by atoms with E-state index in [2.05, 4.69) is 5.32 Å². The molecule has 2 aliphatic rings. The maximum atomic E-state index is 11.1. The fourth-order valence-corrected chi connectivity index (χ4v) is 2.25. The van der Waals surface area contributed by atoms with Crippen molar-refractivity contribution in [2.75, 3.05) is 13.1 Å². The molecule has 1 atom stereocenters. The second kappa shape index (κ2) is 2.73. The Balaban J connectivity index is 1.99. The third-order valence-corrected chi connectivity index (χ3v) is 3.41. The maximum Gasteiger partial charge on any atom is 0.220 e. The maximum absolute atomic E-state index is 11.1. The minimum atomic E-state index is 0.214. The molecule has 68 valence electrons. The van der Waals surface area contributed by atoms with Crippen LogP contribution in [0.3, 0.4) is 0 Å². The molecule has 0 aromatic rings. The molecule has 1 aliphatic heterocycles. The van der Waals surface area contributed by atoms with Crippen molar-refractivity contribution in [1.29, 1.82) is 0 Å². The van der Waals surface area contributed by atoms with E-state index < -0.39 is 0 Å². The van der Waals surface area contributed by atoms with Gasteiger partial charge in [-0.2, -0.15) is 0 Å². The van der Waals surface area contributed by atoms with Gasteiger partial charge in [0.1, 0.15) is 0 Å². The molecule has 0 aromatic carbocycles. The van der Waals surface area contributed by atoms with Crippen LogP contribution in [0.2, 0.25) is 0 Å². The first kappa shape index (κ1) is 8.05. The minimum Gasteiger partial charge on any atom is -0.356 e. The fraction of sp³-hybridized carbons (Fsp3) is 0.889. The van der Waals surface area contributed by atoms with Crippen molar-refractivity contribution in [3.8, 4) is 0 Å². The molecule has 1 heterocycles. The highest BCUT2D eigenvalue weighted by atomic mass is 16.1. The molecular formula is C9H16N2O. The van der Waals surface area contributed by atoms with Crippen molar-refractivity contribution in [3.05, 3.63) is 0 Å². The SMILES string of the molecule is NCC1(C2CCNC(=O)C2)CC1. The molecule has 0 spiro atoms. The van der Waals surface area contributed by atoms with Gasteiger partial charge in [0.25, 0.3) is 0 Å². The molecule has 3 heteroatoms. The lowest BCUT2D eigenvalue weighted by Crippen LogP contribution is -2.39. The summed E-state index contributed by atoms with van der Waals surface area (Å²) in [7, 11) is 0. The summed E-state index contributed by atoms with van der Waals surface area (Å²) in [5, 5.41) is 2.86. The molecule has 2 fully saturated rings. The Bertz CT molecular complexity index is 199. The van der Waals surface area contributed by atoms with Crippen LogP contribution in [0.4, 0.5) is 0 Å². The van der Waals surface area contributed by atoms with Crippen LogP contribution >= 0.6 is 0 Å². The highest BCUT2D eigenvalue weighted by molar-refractivity contribution is 5.77. The molecule has 1 saturated heterocycles. The van der Waals surface area contributed by atoms with E-state index in [4.69, 9.17) is 5.73 Å². The second-order valence-corrected chi connectivity index (χ2v) is 4.11. The van der Waals surface area contributed by atoms with Crippen LogP contribution in [0.25, 0.3) is 0 Å². The molecule has 12 heavy (non-hydrogen) atoms. The third-order valence-electron chi connectivity index (χ3n) is 3.41. The van der Waals surface area contributed by atoms with E-state index in [9.17, 15) is 4.79 Å². The minimum absolute atomic E-state index is 0.214. The lowest BCUT2D eigenvalue weighted by molar-refractivity contribution is -0.124. The van der Waals surface area contributed by atoms with Gasteiger partial charge < -0.3 is 11.1 Å². The van der Waals surface area contributed by atoms with Crippen LogP contribution in [0.15, 0.2) is 0 Å². The van der Waals surface area contributed by atoms with Crippen molar-refractivity contribution in [2.45, 2.75) is 25.7 Å². The normalized spacial score (nSPS) is 32.8. The predicted molar refractivity (Wildman–Crippen MR) is 46.5 cm³/mol. The van der Waals surface area contributed by atoms with Crippen LogP contribution < -0.4 is 11.1 Å². The molecule has 0 radical (unpaired) electrons. The zero-order chi connectivity index (χ0) is 8.60. The van der Waals surface area contributed by atoms with E-state index in [1.165, 1.54) is 12.8 Å². The summed E-state index contributed by atoms with van der Waals surface area (Å²) in [5.74, 6) is 0.780. The number of piperidine rings is 1. The van der Waals surface area contributed by atoms with Crippen molar-refractivity contribution in [1.82, 2.24) is 5.32 Å². The Morgan fingerprint density at radius 3 is 2.83 bits per heavy atom. The van der Waals surface area contributed by atoms with Gasteiger partial charge in [0.05, 0.1) is 0 Å². The van der Waals surface area contributed by atoms with E-state index in [-0.39, 0.29) is 5.91 Å². The molecule has 1 unspecified atom stereocenters. The molecule has 3 nitrogen and oxygen atoms in total. The first-order valence-corrected chi connectivity index (χ1v) is 4.74. The smallest absolute Gasteiger partial charge is 0.220 e. The van der Waals surface area contributed by atoms with Gasteiger partial charge >= 0.3 is 0 Å². The number of amides is 1. The molecule has 1 saturated carbocycles. The summed E-state index contributed by atoms with van der Waals surface area (Å²) in [6.45, 7) is 1.62. The largest absolute Gasteiger partial charge is 0.356 e. The van der Waals surface area contributed by atoms with Crippen molar-refractivity contribution in [2.24, 2.45) is 17.1 Å². The molecule has 0 aromatic heterocycles. The average molecular weight is 168 g/mol. The van der Waals surface area contributed by atoms with E-state index >= 15 is 0 Å². The Morgan fingerprint density at radius 1 is 1.58 bits per heavy atom. The topological polar surface area (TPSA) is 55.1 Å². The molecule has 1 amide bonds. The van der Waals surface area contributed by atoms with Gasteiger partial charge in [-0.25, -0.2) is 0 Å². The zero-order valence-electron chi connectivity index (χ0n) is 7.31. The fourth-order valence-electron chi connectivity index (χ4n) is 2.25. The highest BCUT2D eigenvalue weighted by Gasteiger charge is 2.48.